The largest absolute Gasteiger partial charge is 0.469 e. The van der Waals surface area contributed by atoms with Gasteiger partial charge in [0.25, 0.3) is 0 Å². The van der Waals surface area contributed by atoms with E-state index in [-0.39, 0.29) is 65.9 Å². The van der Waals surface area contributed by atoms with Crippen LogP contribution in [0.3, 0.4) is 0 Å². The molecule has 0 N–H and O–H groups in total. The number of rotatable bonds is 7. The quantitative estimate of drug-likeness (QED) is 0.319. The molecular weight excluding hydrogens is 524 g/mol. The van der Waals surface area contributed by atoms with E-state index in [9.17, 15) is 9.59 Å². The summed E-state index contributed by atoms with van der Waals surface area (Å²) >= 11 is 0. The van der Waals surface area contributed by atoms with Gasteiger partial charge in [-0.2, -0.15) is 0 Å². The second kappa shape index (κ2) is 10.3. The molecule has 0 bridgehead atoms. The zero-order valence-corrected chi connectivity index (χ0v) is 26.2. The van der Waals surface area contributed by atoms with Gasteiger partial charge in [-0.05, 0) is 49.5 Å². The Labute approximate surface area is 245 Å². The molecule has 13 atom stereocenters. The Kier molecular flexibility index (Phi) is 7.44. The average Bonchev–Trinajstić information content (AvgIpc) is 3.72. The van der Waals surface area contributed by atoms with E-state index < -0.39 is 16.9 Å². The molecule has 3 aliphatic carbocycles. The minimum Gasteiger partial charge on any atom is -0.469 e. The highest BCUT2D eigenvalue weighted by Crippen LogP contribution is 2.74. The molecule has 8 heteroatoms. The molecule has 0 radical (unpaired) electrons. The van der Waals surface area contributed by atoms with Crippen LogP contribution in [0.5, 0.6) is 0 Å². The van der Waals surface area contributed by atoms with Crippen LogP contribution >= 0.6 is 0 Å². The number of fused-ring (bicyclic) bond motifs is 4. The first-order chi connectivity index (χ1) is 19.5. The number of carbonyl (C=O) groups is 2. The normalized spacial score (nSPS) is 48.9. The van der Waals surface area contributed by atoms with Gasteiger partial charge in [-0.25, -0.2) is 0 Å². The van der Waals surface area contributed by atoms with E-state index in [4.69, 9.17) is 28.4 Å². The van der Waals surface area contributed by atoms with E-state index in [1.165, 1.54) is 18.3 Å². The van der Waals surface area contributed by atoms with Crippen molar-refractivity contribution in [2.24, 2.45) is 45.8 Å². The number of hydrogen-bond donors (Lipinski definition) is 0. The van der Waals surface area contributed by atoms with Gasteiger partial charge in [0.1, 0.15) is 6.10 Å². The van der Waals surface area contributed by atoms with Gasteiger partial charge in [0.15, 0.2) is 0 Å². The number of esters is 2. The van der Waals surface area contributed by atoms with Gasteiger partial charge >= 0.3 is 11.9 Å². The molecule has 6 rings (SSSR count). The topological polar surface area (TPSA) is 89.5 Å². The molecule has 3 aliphatic heterocycles. The summed E-state index contributed by atoms with van der Waals surface area (Å²) in [7, 11) is 3.21. The minimum absolute atomic E-state index is 0.00529. The highest BCUT2D eigenvalue weighted by Gasteiger charge is 2.78. The molecule has 3 unspecified atom stereocenters. The summed E-state index contributed by atoms with van der Waals surface area (Å²) in [6.45, 7) is 15.2. The van der Waals surface area contributed by atoms with Gasteiger partial charge in [-0.1, -0.05) is 40.2 Å². The number of carbonyl (C=O) groups excluding carboxylic acids is 2. The van der Waals surface area contributed by atoms with Gasteiger partial charge in [0.2, 0.25) is 0 Å². The maximum Gasteiger partial charge on any atom is 0.308 e. The number of hydrogen-bond acceptors (Lipinski definition) is 8. The monoisotopic (exact) mass is 574 g/mol. The summed E-state index contributed by atoms with van der Waals surface area (Å²) in [6, 6.07) is 0. The van der Waals surface area contributed by atoms with E-state index in [0.717, 1.165) is 26.1 Å². The van der Waals surface area contributed by atoms with Crippen LogP contribution in [-0.4, -0.2) is 76.5 Å². The summed E-state index contributed by atoms with van der Waals surface area (Å²) in [5, 5.41) is 0. The maximum absolute atomic E-state index is 13.4. The zero-order valence-electron chi connectivity index (χ0n) is 26.2. The van der Waals surface area contributed by atoms with Crippen LogP contribution in [0, 0.1) is 45.8 Å². The first kappa shape index (κ1) is 29.6. The van der Waals surface area contributed by atoms with Crippen molar-refractivity contribution in [3.63, 3.8) is 0 Å². The molecule has 230 valence electrons. The maximum atomic E-state index is 13.4. The first-order valence-corrected chi connectivity index (χ1v) is 15.8. The first-order valence-electron chi connectivity index (χ1n) is 15.8. The van der Waals surface area contributed by atoms with Crippen molar-refractivity contribution in [2.75, 3.05) is 34.0 Å². The molecule has 0 aromatic heterocycles. The lowest BCUT2D eigenvalue weighted by atomic mass is 9.40. The minimum atomic E-state index is -0.562. The lowest BCUT2D eigenvalue weighted by Gasteiger charge is -2.65. The second-order valence-electron chi connectivity index (χ2n) is 14.5. The third-order valence-corrected chi connectivity index (χ3v) is 12.9. The molecule has 6 aliphatic rings. The van der Waals surface area contributed by atoms with Crippen molar-refractivity contribution in [2.45, 2.75) is 104 Å². The van der Waals surface area contributed by atoms with Crippen LogP contribution in [-0.2, 0) is 38.0 Å². The van der Waals surface area contributed by atoms with E-state index in [2.05, 4.69) is 27.7 Å². The van der Waals surface area contributed by atoms with E-state index in [1.807, 2.05) is 13.8 Å². The van der Waals surface area contributed by atoms with E-state index in [0.29, 0.717) is 31.3 Å². The summed E-state index contributed by atoms with van der Waals surface area (Å²) < 4.78 is 37.6. The SMILES string of the molecule is CCC(C)C(=O)O[C@H]1C[C@@H](OC)[C@@]2(C)CO[C@H]3[C@H]4O[C@@H]5C[C@@H](C6CCOC6)C(C)=C5[C@@]4(C)C(CC(=O)OC)[C@]1(C)[C@@H]32. The Bertz CT molecular complexity index is 1100. The highest BCUT2D eigenvalue weighted by molar-refractivity contribution is 5.72. The molecule has 0 amide bonds. The third kappa shape index (κ3) is 3.99. The lowest BCUT2D eigenvalue weighted by Crippen LogP contribution is -2.71. The Balaban J connectivity index is 1.51. The molecule has 0 aromatic rings. The predicted molar refractivity (Wildman–Crippen MR) is 151 cm³/mol. The molecule has 2 saturated carbocycles. The second-order valence-corrected chi connectivity index (χ2v) is 14.5. The smallest absolute Gasteiger partial charge is 0.308 e. The standard InChI is InChI=1S/C33H50O8/c1-9-17(2)30(35)41-24-14-23(36-7)31(4)16-39-27-28(31)32(24,5)22(13-25(34)37-8)33(6)26-18(3)20(19-10-11-38-15-19)12-21(26)40-29(27)33/h17,19-24,27-29H,9-16H2,1-8H3/t17?,19?,20-,21-,22?,23-,24+,27-,28+,29-,31-,32+,33-/m1/s1. The van der Waals surface area contributed by atoms with Crippen LogP contribution in [0.4, 0.5) is 0 Å². The zero-order chi connectivity index (χ0) is 29.5. The third-order valence-electron chi connectivity index (χ3n) is 12.9. The molecule has 8 nitrogen and oxygen atoms in total. The molecule has 41 heavy (non-hydrogen) atoms. The van der Waals surface area contributed by atoms with Crippen molar-refractivity contribution >= 4 is 11.9 Å². The van der Waals surface area contributed by atoms with Crippen molar-refractivity contribution in [3.8, 4) is 0 Å². The summed E-state index contributed by atoms with van der Waals surface area (Å²) in [6.07, 6.45) is 2.58. The van der Waals surface area contributed by atoms with Crippen molar-refractivity contribution in [1.82, 2.24) is 0 Å². The number of methoxy groups -OCH3 is 2. The van der Waals surface area contributed by atoms with Crippen LogP contribution in [0.1, 0.15) is 73.6 Å². The molecular formula is C33H50O8. The summed E-state index contributed by atoms with van der Waals surface area (Å²) in [5.74, 6) is 0.0924. The van der Waals surface area contributed by atoms with Gasteiger partial charge in [0, 0.05) is 48.7 Å². The van der Waals surface area contributed by atoms with Crippen molar-refractivity contribution in [1.29, 1.82) is 0 Å². The van der Waals surface area contributed by atoms with Crippen LogP contribution in [0.25, 0.3) is 0 Å². The summed E-state index contributed by atoms with van der Waals surface area (Å²) in [5.41, 5.74) is 1.39. The van der Waals surface area contributed by atoms with Crippen LogP contribution in [0.2, 0.25) is 0 Å². The molecule has 3 saturated heterocycles. The Morgan fingerprint density at radius 2 is 1.88 bits per heavy atom. The van der Waals surface area contributed by atoms with Gasteiger partial charge in [-0.15, -0.1) is 0 Å². The Morgan fingerprint density at radius 3 is 2.51 bits per heavy atom. The van der Waals surface area contributed by atoms with E-state index >= 15 is 0 Å². The fraction of sp³-hybridized carbons (Fsp3) is 0.879. The lowest BCUT2D eigenvalue weighted by molar-refractivity contribution is -0.253. The molecule has 0 aromatic carbocycles. The van der Waals surface area contributed by atoms with Gasteiger partial charge in [-0.3, -0.25) is 9.59 Å². The Morgan fingerprint density at radius 1 is 1.12 bits per heavy atom. The number of ether oxygens (including phenoxy) is 6. The van der Waals surface area contributed by atoms with Crippen LogP contribution < -0.4 is 0 Å². The van der Waals surface area contributed by atoms with Crippen LogP contribution in [0.15, 0.2) is 11.1 Å². The van der Waals surface area contributed by atoms with E-state index in [1.54, 1.807) is 7.11 Å². The fourth-order valence-corrected chi connectivity index (χ4v) is 10.7. The summed E-state index contributed by atoms with van der Waals surface area (Å²) in [4.78, 5) is 26.7. The average molecular weight is 575 g/mol. The molecule has 3 heterocycles. The van der Waals surface area contributed by atoms with Gasteiger partial charge < -0.3 is 28.4 Å². The Hall–Kier alpha value is -1.48. The van der Waals surface area contributed by atoms with Crippen molar-refractivity contribution in [3.05, 3.63) is 11.1 Å². The van der Waals surface area contributed by atoms with Crippen molar-refractivity contribution < 1.29 is 38.0 Å². The molecule has 5 fully saturated rings. The molecule has 0 spiro atoms. The highest BCUT2D eigenvalue weighted by atomic mass is 16.6. The predicted octanol–water partition coefficient (Wildman–Crippen LogP) is 4.73. The fourth-order valence-electron chi connectivity index (χ4n) is 10.7. The van der Waals surface area contributed by atoms with Gasteiger partial charge in [0.05, 0.1) is 50.7 Å². The number of allylic oxidation sites excluding steroid dienone is 1.